The summed E-state index contributed by atoms with van der Waals surface area (Å²) in [6.07, 6.45) is 2.10. The molecule has 0 rings (SSSR count). The lowest BCUT2D eigenvalue weighted by molar-refractivity contribution is -0.142. The molecule has 10 atom stereocenters. The van der Waals surface area contributed by atoms with E-state index in [-0.39, 0.29) is 35.2 Å². The van der Waals surface area contributed by atoms with Gasteiger partial charge in [-0.15, -0.1) is 0 Å². The smallest absolute Gasteiger partial charge is 0.327 e. The Bertz CT molecular complexity index is 1000. The molecule has 0 unspecified atom stereocenters. The van der Waals surface area contributed by atoms with Crippen molar-refractivity contribution in [1.29, 1.82) is 0 Å². The van der Waals surface area contributed by atoms with Crippen LogP contribution in [0.15, 0.2) is 0 Å². The van der Waals surface area contributed by atoms with Crippen LogP contribution in [0.25, 0.3) is 0 Å². The summed E-state index contributed by atoms with van der Waals surface area (Å²) in [5.41, 5.74) is 5.80. The van der Waals surface area contributed by atoms with E-state index in [0.717, 1.165) is 0 Å². The number of nitrogens with one attached hydrogen (secondary N) is 5. The predicted molar refractivity (Wildman–Crippen MR) is 181 cm³/mol. The normalized spacial score (nSPS) is 17.9. The maximum Gasteiger partial charge on any atom is 0.327 e. The lowest BCUT2D eigenvalue weighted by Crippen LogP contribution is -2.62. The summed E-state index contributed by atoms with van der Waals surface area (Å²) in [5.74, 6) is -5.60. The van der Waals surface area contributed by atoms with E-state index in [0.29, 0.717) is 25.7 Å². The molecule has 0 aliphatic heterocycles. The Labute approximate surface area is 278 Å². The molecule has 13 nitrogen and oxygen atoms in total. The monoisotopic (exact) mass is 676 g/mol. The van der Waals surface area contributed by atoms with Crippen molar-refractivity contribution in [1.82, 2.24) is 26.6 Å². The molecule has 5 amide bonds. The molecule has 8 N–H and O–H groups in total. The first-order chi connectivity index (χ1) is 21.0. The van der Waals surface area contributed by atoms with E-state index >= 15 is 0 Å². The van der Waals surface area contributed by atoms with E-state index < -0.39 is 71.8 Å². The Morgan fingerprint density at radius 3 is 1.02 bits per heavy atom. The van der Waals surface area contributed by atoms with Gasteiger partial charge in [0, 0.05) is 11.5 Å². The van der Waals surface area contributed by atoms with Crippen LogP contribution in [0.1, 0.15) is 81.1 Å². The molecule has 0 fully saturated rings. The van der Waals surface area contributed by atoms with Gasteiger partial charge in [-0.2, -0.15) is 25.3 Å². The van der Waals surface area contributed by atoms with Crippen LogP contribution >= 0.6 is 25.3 Å². The van der Waals surface area contributed by atoms with Gasteiger partial charge in [-0.25, -0.2) is 4.79 Å². The van der Waals surface area contributed by atoms with E-state index in [1.165, 1.54) is 0 Å². The van der Waals surface area contributed by atoms with Crippen LogP contribution in [0.3, 0.4) is 0 Å². The molecular formula is C30H56N6O7S2. The van der Waals surface area contributed by atoms with E-state index in [2.05, 4.69) is 51.8 Å². The first kappa shape index (κ1) is 42.5. The quantitative estimate of drug-likeness (QED) is 0.0795. The molecule has 15 heteroatoms. The van der Waals surface area contributed by atoms with Crippen LogP contribution in [0.5, 0.6) is 0 Å². The molecule has 0 saturated heterocycles. The van der Waals surface area contributed by atoms with Crippen LogP contribution in [-0.4, -0.2) is 88.4 Å². The Morgan fingerprint density at radius 1 is 0.533 bits per heavy atom. The fraction of sp³-hybridized carbons (Fsp3) is 0.800. The molecule has 260 valence electrons. The summed E-state index contributed by atoms with van der Waals surface area (Å²) >= 11 is 8.04. The molecule has 0 aliphatic rings. The van der Waals surface area contributed by atoms with Gasteiger partial charge in [-0.1, -0.05) is 81.1 Å². The molecule has 45 heavy (non-hydrogen) atoms. The van der Waals surface area contributed by atoms with Gasteiger partial charge < -0.3 is 37.4 Å². The Balaban J connectivity index is 6.19. The SMILES string of the molecule is CC[C@H](C)[C@H](NC(=O)[C@@H](NC(=O)[C@@H](NC(=O)[C@@H](NC(=O)[C@@H](N)CS)[C@@H](C)CC)[C@@H](C)CC)[C@@H](C)CC)C(=O)N[C@@H](CS)C(=O)O. The second-order valence-corrected chi connectivity index (χ2v) is 12.6. The second-order valence-electron chi connectivity index (χ2n) is 11.9. The van der Waals surface area contributed by atoms with Gasteiger partial charge >= 0.3 is 5.97 Å². The first-order valence-electron chi connectivity index (χ1n) is 15.8. The minimum absolute atomic E-state index is 0.0898. The minimum Gasteiger partial charge on any atom is -0.480 e. The molecule has 0 saturated carbocycles. The largest absolute Gasteiger partial charge is 0.480 e. The number of rotatable bonds is 21. The third-order valence-electron chi connectivity index (χ3n) is 8.50. The van der Waals surface area contributed by atoms with Crippen LogP contribution in [0.2, 0.25) is 0 Å². The second kappa shape index (κ2) is 21.3. The van der Waals surface area contributed by atoms with Crippen molar-refractivity contribution in [2.24, 2.45) is 29.4 Å². The van der Waals surface area contributed by atoms with Gasteiger partial charge in [0.15, 0.2) is 0 Å². The molecule has 0 bridgehead atoms. The number of carboxylic acid groups (broad SMARTS) is 1. The Hall–Kier alpha value is -2.52. The van der Waals surface area contributed by atoms with Crippen LogP contribution < -0.4 is 32.3 Å². The molecular weight excluding hydrogens is 620 g/mol. The zero-order valence-electron chi connectivity index (χ0n) is 27.9. The topological polar surface area (TPSA) is 209 Å². The molecule has 0 aromatic carbocycles. The summed E-state index contributed by atoms with van der Waals surface area (Å²) in [7, 11) is 0. The summed E-state index contributed by atoms with van der Waals surface area (Å²) in [5, 5.41) is 22.7. The van der Waals surface area contributed by atoms with Crippen molar-refractivity contribution < 1.29 is 33.9 Å². The van der Waals surface area contributed by atoms with Gasteiger partial charge in [0.25, 0.3) is 0 Å². The minimum atomic E-state index is -1.25. The van der Waals surface area contributed by atoms with Crippen molar-refractivity contribution in [2.45, 2.75) is 117 Å². The van der Waals surface area contributed by atoms with Crippen molar-refractivity contribution >= 4 is 60.8 Å². The lowest BCUT2D eigenvalue weighted by atomic mass is 9.92. The van der Waals surface area contributed by atoms with Gasteiger partial charge in [0.2, 0.25) is 29.5 Å². The maximum atomic E-state index is 13.7. The number of aliphatic carboxylic acids is 1. The predicted octanol–water partition coefficient (Wildman–Crippen LogP) is 0.866. The van der Waals surface area contributed by atoms with Gasteiger partial charge in [-0.3, -0.25) is 24.0 Å². The van der Waals surface area contributed by atoms with E-state index in [9.17, 15) is 33.9 Å². The van der Waals surface area contributed by atoms with Crippen LogP contribution in [-0.2, 0) is 28.8 Å². The van der Waals surface area contributed by atoms with Crippen molar-refractivity contribution in [2.75, 3.05) is 11.5 Å². The molecule has 0 aliphatic carbocycles. The van der Waals surface area contributed by atoms with Crippen LogP contribution in [0.4, 0.5) is 0 Å². The Morgan fingerprint density at radius 2 is 0.800 bits per heavy atom. The zero-order chi connectivity index (χ0) is 35.0. The third-order valence-corrected chi connectivity index (χ3v) is 9.26. The van der Waals surface area contributed by atoms with Gasteiger partial charge in [0.05, 0.1) is 6.04 Å². The standard InChI is InChI=1S/C30H56N6O7S2/c1-9-15(5)21(26(38)32-20(14-45)30(42)43)34-28(40)23(17(7)11-3)36-29(41)24(18(8)12-4)35-27(39)22(16(6)10-2)33-25(37)19(31)13-44/h15-24,44-45H,9-14,31H2,1-8H3,(H,32,38)(H,33,37)(H,34,40)(H,35,39)(H,36,41)(H,42,43)/t15-,16-,17-,18-,19-,20-,21-,22-,23-,24-/m0/s1. The highest BCUT2D eigenvalue weighted by Crippen LogP contribution is 2.16. The molecule has 0 spiro atoms. The van der Waals surface area contributed by atoms with E-state index in [4.69, 9.17) is 5.73 Å². The summed E-state index contributed by atoms with van der Waals surface area (Å²) in [6, 6.07) is -6.28. The first-order valence-corrected chi connectivity index (χ1v) is 17.0. The summed E-state index contributed by atoms with van der Waals surface area (Å²) < 4.78 is 0. The average Bonchev–Trinajstić information content (AvgIpc) is 3.03. The number of nitrogens with two attached hydrogens (primary N) is 1. The average molecular weight is 677 g/mol. The third kappa shape index (κ3) is 13.4. The highest BCUT2D eigenvalue weighted by Gasteiger charge is 2.37. The molecule has 0 radical (unpaired) electrons. The van der Waals surface area contributed by atoms with Crippen molar-refractivity contribution in [3.63, 3.8) is 0 Å². The number of hydrogen-bond donors (Lipinski definition) is 9. The highest BCUT2D eigenvalue weighted by molar-refractivity contribution is 7.80. The molecule has 0 heterocycles. The van der Waals surface area contributed by atoms with Crippen molar-refractivity contribution in [3.05, 3.63) is 0 Å². The molecule has 0 aromatic heterocycles. The number of carbonyl (C=O) groups is 6. The van der Waals surface area contributed by atoms with Gasteiger partial charge in [-0.05, 0) is 23.7 Å². The van der Waals surface area contributed by atoms with E-state index in [1.807, 2.05) is 27.7 Å². The number of hydrogen-bond acceptors (Lipinski definition) is 9. The maximum absolute atomic E-state index is 13.7. The number of carboxylic acids is 1. The number of thiol groups is 2. The fourth-order valence-corrected chi connectivity index (χ4v) is 4.74. The highest BCUT2D eigenvalue weighted by atomic mass is 32.1. The van der Waals surface area contributed by atoms with Gasteiger partial charge in [0.1, 0.15) is 30.2 Å². The summed E-state index contributed by atoms with van der Waals surface area (Å²) in [4.78, 5) is 77.9. The Kier molecular flexibility index (Phi) is 20.1. The fourth-order valence-electron chi connectivity index (χ4n) is 4.33. The lowest BCUT2D eigenvalue weighted by Gasteiger charge is -2.32. The summed E-state index contributed by atoms with van der Waals surface area (Å²) in [6.45, 7) is 14.5. The van der Waals surface area contributed by atoms with Crippen LogP contribution in [0, 0.1) is 23.7 Å². The number of carbonyl (C=O) groups excluding carboxylic acids is 5. The number of amides is 5. The zero-order valence-corrected chi connectivity index (χ0v) is 29.7. The van der Waals surface area contributed by atoms with Crippen molar-refractivity contribution in [3.8, 4) is 0 Å². The molecule has 0 aromatic rings. The van der Waals surface area contributed by atoms with E-state index in [1.54, 1.807) is 27.7 Å².